The van der Waals surface area contributed by atoms with Crippen LogP contribution < -0.4 is 5.32 Å². The van der Waals surface area contributed by atoms with E-state index in [1.807, 2.05) is 10.9 Å². The minimum Gasteiger partial charge on any atom is -0.311 e. The van der Waals surface area contributed by atoms with Gasteiger partial charge in [0.15, 0.2) is 0 Å². The predicted octanol–water partition coefficient (Wildman–Crippen LogP) is 2.55. The molecule has 0 bridgehead atoms. The Labute approximate surface area is 124 Å². The summed E-state index contributed by atoms with van der Waals surface area (Å²) in [5.74, 6) is 0.903. The highest BCUT2D eigenvalue weighted by Crippen LogP contribution is 2.27. The summed E-state index contributed by atoms with van der Waals surface area (Å²) in [5, 5.41) is 11.8. The van der Waals surface area contributed by atoms with Gasteiger partial charge in [-0.05, 0) is 49.3 Å². The Hall–Kier alpha value is -1.33. The van der Waals surface area contributed by atoms with E-state index in [1.54, 1.807) is 11.8 Å². The Balaban J connectivity index is 1.52. The van der Waals surface area contributed by atoms with E-state index in [1.165, 1.54) is 23.3 Å². The SMILES string of the molecule is CSc1ccc(Cn2cc(CNCC3CC3)nn2)cc1. The molecule has 1 heterocycles. The topological polar surface area (TPSA) is 42.7 Å². The Bertz CT molecular complexity index is 545. The maximum absolute atomic E-state index is 4.21. The lowest BCUT2D eigenvalue weighted by molar-refractivity contribution is 0.627. The van der Waals surface area contributed by atoms with Crippen molar-refractivity contribution >= 4 is 11.8 Å². The number of hydrogen-bond acceptors (Lipinski definition) is 4. The van der Waals surface area contributed by atoms with E-state index >= 15 is 0 Å². The Kier molecular flexibility index (Phi) is 4.38. The number of rotatable bonds is 7. The van der Waals surface area contributed by atoms with Gasteiger partial charge in [0.2, 0.25) is 0 Å². The first-order valence-corrected chi connectivity index (χ1v) is 8.28. The molecule has 106 valence electrons. The molecule has 0 spiro atoms. The maximum Gasteiger partial charge on any atom is 0.0964 e. The lowest BCUT2D eigenvalue weighted by Gasteiger charge is -2.02. The Morgan fingerprint density at radius 3 is 2.80 bits per heavy atom. The lowest BCUT2D eigenvalue weighted by atomic mass is 10.2. The van der Waals surface area contributed by atoms with Crippen LogP contribution in [0.2, 0.25) is 0 Å². The molecule has 4 nitrogen and oxygen atoms in total. The van der Waals surface area contributed by atoms with Gasteiger partial charge in [-0.2, -0.15) is 0 Å². The molecule has 1 fully saturated rings. The Morgan fingerprint density at radius 1 is 1.30 bits per heavy atom. The van der Waals surface area contributed by atoms with Gasteiger partial charge in [0.1, 0.15) is 0 Å². The van der Waals surface area contributed by atoms with Crippen molar-refractivity contribution in [2.24, 2.45) is 5.92 Å². The fourth-order valence-electron chi connectivity index (χ4n) is 2.14. The van der Waals surface area contributed by atoms with Gasteiger partial charge in [-0.15, -0.1) is 16.9 Å². The van der Waals surface area contributed by atoms with Gasteiger partial charge in [0, 0.05) is 11.4 Å². The summed E-state index contributed by atoms with van der Waals surface area (Å²) in [5.41, 5.74) is 2.27. The molecular weight excluding hydrogens is 268 g/mol. The monoisotopic (exact) mass is 288 g/mol. The molecular formula is C15H20N4S. The average molecular weight is 288 g/mol. The zero-order valence-electron chi connectivity index (χ0n) is 11.7. The van der Waals surface area contributed by atoms with Gasteiger partial charge in [-0.25, -0.2) is 4.68 Å². The first-order chi connectivity index (χ1) is 9.83. The van der Waals surface area contributed by atoms with Crippen molar-refractivity contribution < 1.29 is 0 Å². The highest BCUT2D eigenvalue weighted by Gasteiger charge is 2.20. The van der Waals surface area contributed by atoms with Crippen molar-refractivity contribution in [2.75, 3.05) is 12.8 Å². The zero-order valence-corrected chi connectivity index (χ0v) is 12.6. The molecule has 1 aromatic heterocycles. The highest BCUT2D eigenvalue weighted by molar-refractivity contribution is 7.98. The molecule has 0 aliphatic heterocycles. The Morgan fingerprint density at radius 2 is 2.10 bits per heavy atom. The third-order valence-corrected chi connectivity index (χ3v) is 4.27. The fraction of sp³-hybridized carbons (Fsp3) is 0.467. The summed E-state index contributed by atoms with van der Waals surface area (Å²) in [7, 11) is 0. The minimum atomic E-state index is 0.782. The van der Waals surface area contributed by atoms with Gasteiger partial charge in [-0.3, -0.25) is 0 Å². The van der Waals surface area contributed by atoms with E-state index in [9.17, 15) is 0 Å². The number of thioether (sulfide) groups is 1. The lowest BCUT2D eigenvalue weighted by Crippen LogP contribution is -2.16. The molecule has 1 aliphatic carbocycles. The number of benzene rings is 1. The second-order valence-corrected chi connectivity index (χ2v) is 6.21. The third-order valence-electron chi connectivity index (χ3n) is 3.53. The summed E-state index contributed by atoms with van der Waals surface area (Å²) < 4.78 is 1.90. The predicted molar refractivity (Wildman–Crippen MR) is 81.8 cm³/mol. The molecule has 1 N–H and O–H groups in total. The maximum atomic E-state index is 4.21. The van der Waals surface area contributed by atoms with Gasteiger partial charge in [-0.1, -0.05) is 17.3 Å². The molecule has 0 saturated heterocycles. The second-order valence-electron chi connectivity index (χ2n) is 5.33. The van der Waals surface area contributed by atoms with Crippen LogP contribution in [0, 0.1) is 5.92 Å². The van der Waals surface area contributed by atoms with Crippen LogP contribution >= 0.6 is 11.8 Å². The molecule has 1 aromatic carbocycles. The van der Waals surface area contributed by atoms with Crippen molar-refractivity contribution in [3.05, 3.63) is 41.7 Å². The third kappa shape index (κ3) is 3.84. The van der Waals surface area contributed by atoms with Crippen LogP contribution in [-0.4, -0.2) is 27.8 Å². The molecule has 5 heteroatoms. The average Bonchev–Trinajstić information content (AvgIpc) is 3.19. The molecule has 1 aliphatic rings. The quantitative estimate of drug-likeness (QED) is 0.795. The fourth-order valence-corrected chi connectivity index (χ4v) is 2.55. The van der Waals surface area contributed by atoms with Gasteiger partial charge >= 0.3 is 0 Å². The standard InChI is InChI=1S/C15H20N4S/c1-20-15-6-4-13(5-7-15)10-19-11-14(17-18-19)9-16-8-12-2-3-12/h4-7,11-12,16H,2-3,8-10H2,1H3. The first kappa shape index (κ1) is 13.6. The molecule has 1 saturated carbocycles. The van der Waals surface area contributed by atoms with Crippen LogP contribution in [0.3, 0.4) is 0 Å². The molecule has 0 unspecified atom stereocenters. The highest BCUT2D eigenvalue weighted by atomic mass is 32.2. The molecule has 3 rings (SSSR count). The number of nitrogens with zero attached hydrogens (tertiary/aromatic N) is 3. The van der Waals surface area contributed by atoms with Crippen LogP contribution in [0.5, 0.6) is 0 Å². The molecule has 2 aromatic rings. The van der Waals surface area contributed by atoms with Gasteiger partial charge < -0.3 is 5.32 Å². The largest absolute Gasteiger partial charge is 0.311 e. The number of hydrogen-bond donors (Lipinski definition) is 1. The summed E-state index contributed by atoms with van der Waals surface area (Å²) in [6, 6.07) is 8.60. The minimum absolute atomic E-state index is 0.782. The van der Waals surface area contributed by atoms with E-state index < -0.39 is 0 Å². The zero-order chi connectivity index (χ0) is 13.8. The summed E-state index contributed by atoms with van der Waals surface area (Å²) >= 11 is 1.76. The van der Waals surface area contributed by atoms with E-state index in [4.69, 9.17) is 0 Å². The van der Waals surface area contributed by atoms with E-state index in [0.29, 0.717) is 0 Å². The van der Waals surface area contributed by atoms with Crippen molar-refractivity contribution in [1.82, 2.24) is 20.3 Å². The molecule has 20 heavy (non-hydrogen) atoms. The van der Waals surface area contributed by atoms with Crippen molar-refractivity contribution in [3.8, 4) is 0 Å². The van der Waals surface area contributed by atoms with Crippen LogP contribution in [0.15, 0.2) is 35.4 Å². The van der Waals surface area contributed by atoms with Crippen LogP contribution in [0.4, 0.5) is 0 Å². The van der Waals surface area contributed by atoms with Gasteiger partial charge in [0.25, 0.3) is 0 Å². The summed E-state index contributed by atoms with van der Waals surface area (Å²) in [6.07, 6.45) is 6.88. The summed E-state index contributed by atoms with van der Waals surface area (Å²) in [4.78, 5) is 1.29. The van der Waals surface area contributed by atoms with Crippen LogP contribution in [0.25, 0.3) is 0 Å². The normalized spacial score (nSPS) is 14.7. The van der Waals surface area contributed by atoms with E-state index in [0.717, 1.165) is 31.2 Å². The van der Waals surface area contributed by atoms with E-state index in [-0.39, 0.29) is 0 Å². The smallest absolute Gasteiger partial charge is 0.0964 e. The number of nitrogens with one attached hydrogen (secondary N) is 1. The number of aromatic nitrogens is 3. The van der Waals surface area contributed by atoms with Crippen molar-refractivity contribution in [1.29, 1.82) is 0 Å². The van der Waals surface area contributed by atoms with E-state index in [2.05, 4.69) is 46.2 Å². The summed E-state index contributed by atoms with van der Waals surface area (Å²) in [6.45, 7) is 2.72. The van der Waals surface area contributed by atoms with Crippen molar-refractivity contribution in [2.45, 2.75) is 30.8 Å². The molecule has 0 radical (unpaired) electrons. The second kappa shape index (κ2) is 6.41. The molecule has 0 atom stereocenters. The van der Waals surface area contributed by atoms with Crippen LogP contribution in [0.1, 0.15) is 24.1 Å². The molecule has 0 amide bonds. The van der Waals surface area contributed by atoms with Crippen LogP contribution in [-0.2, 0) is 13.1 Å². The first-order valence-electron chi connectivity index (χ1n) is 7.06. The van der Waals surface area contributed by atoms with Gasteiger partial charge in [0.05, 0.1) is 18.4 Å². The van der Waals surface area contributed by atoms with Crippen molar-refractivity contribution in [3.63, 3.8) is 0 Å².